The molecule has 1 fully saturated rings. The number of amides is 1. The fraction of sp³-hybridized carbons (Fsp3) is 0.929. The van der Waals surface area contributed by atoms with E-state index < -0.39 is 0 Å². The van der Waals surface area contributed by atoms with Crippen LogP contribution in [0.1, 0.15) is 46.0 Å². The van der Waals surface area contributed by atoms with E-state index in [9.17, 15) is 4.79 Å². The van der Waals surface area contributed by atoms with Crippen molar-refractivity contribution in [3.8, 4) is 0 Å². The summed E-state index contributed by atoms with van der Waals surface area (Å²) in [4.78, 5) is 13.8. The van der Waals surface area contributed by atoms with E-state index in [1.165, 1.54) is 6.42 Å². The van der Waals surface area contributed by atoms with Crippen LogP contribution in [0, 0.1) is 5.92 Å². The Kier molecular flexibility index (Phi) is 6.65. The second-order valence-corrected chi connectivity index (χ2v) is 5.70. The van der Waals surface area contributed by atoms with Gasteiger partial charge in [0.05, 0.1) is 12.5 Å². The smallest absolute Gasteiger partial charge is 0.224 e. The summed E-state index contributed by atoms with van der Waals surface area (Å²) in [6.45, 7) is 5.77. The Morgan fingerprint density at radius 3 is 2.72 bits per heavy atom. The molecule has 0 bridgehead atoms. The van der Waals surface area contributed by atoms with Crippen LogP contribution in [0.25, 0.3) is 0 Å². The van der Waals surface area contributed by atoms with Crippen molar-refractivity contribution >= 4 is 5.91 Å². The van der Waals surface area contributed by atoms with Gasteiger partial charge in [0.2, 0.25) is 5.91 Å². The Bertz CT molecular complexity index is 250. The number of rotatable bonds is 6. The normalized spacial score (nSPS) is 21.9. The van der Waals surface area contributed by atoms with Crippen LogP contribution in [0.5, 0.6) is 0 Å². The number of nitrogens with zero attached hydrogens (tertiary/aromatic N) is 1. The van der Waals surface area contributed by atoms with Crippen molar-refractivity contribution < 1.29 is 9.53 Å². The van der Waals surface area contributed by atoms with Gasteiger partial charge >= 0.3 is 0 Å². The van der Waals surface area contributed by atoms with Gasteiger partial charge in [0.15, 0.2) is 0 Å². The number of ether oxygens (including phenoxy) is 1. The molecule has 106 valence electrons. The fourth-order valence-corrected chi connectivity index (χ4v) is 2.12. The summed E-state index contributed by atoms with van der Waals surface area (Å²) >= 11 is 0. The summed E-state index contributed by atoms with van der Waals surface area (Å²) in [7, 11) is 1.86. The predicted octanol–water partition coefficient (Wildman–Crippen LogP) is 1.78. The van der Waals surface area contributed by atoms with E-state index in [1.807, 2.05) is 7.05 Å². The van der Waals surface area contributed by atoms with E-state index in [0.29, 0.717) is 12.3 Å². The summed E-state index contributed by atoms with van der Waals surface area (Å²) in [5.74, 6) is 0.646. The van der Waals surface area contributed by atoms with E-state index in [1.54, 1.807) is 4.90 Å². The van der Waals surface area contributed by atoms with Crippen LogP contribution in [0.15, 0.2) is 0 Å². The number of hydrogen-bond donors (Lipinski definition) is 1. The van der Waals surface area contributed by atoms with Crippen LogP contribution in [0.2, 0.25) is 0 Å². The van der Waals surface area contributed by atoms with Crippen LogP contribution in [-0.4, -0.2) is 43.2 Å². The maximum absolute atomic E-state index is 12.0. The molecule has 2 unspecified atom stereocenters. The lowest BCUT2D eigenvalue weighted by molar-refractivity contribution is -0.133. The molecule has 1 rings (SSSR count). The Hall–Kier alpha value is -0.610. The van der Waals surface area contributed by atoms with Crippen molar-refractivity contribution in [3.63, 3.8) is 0 Å². The summed E-state index contributed by atoms with van der Waals surface area (Å²) in [5, 5.41) is 0. The van der Waals surface area contributed by atoms with Crippen LogP contribution >= 0.6 is 0 Å². The molecule has 0 spiro atoms. The summed E-state index contributed by atoms with van der Waals surface area (Å²) in [5.41, 5.74) is 5.99. The van der Waals surface area contributed by atoms with Crippen molar-refractivity contribution in [2.45, 2.75) is 58.1 Å². The van der Waals surface area contributed by atoms with Crippen LogP contribution in [-0.2, 0) is 9.53 Å². The molecule has 1 saturated heterocycles. The molecular formula is C14H28N2O2. The highest BCUT2D eigenvalue weighted by Gasteiger charge is 2.20. The lowest BCUT2D eigenvalue weighted by Gasteiger charge is -2.26. The van der Waals surface area contributed by atoms with Crippen molar-refractivity contribution in [1.82, 2.24) is 4.90 Å². The zero-order valence-corrected chi connectivity index (χ0v) is 12.0. The third-order valence-electron chi connectivity index (χ3n) is 3.76. The SMILES string of the molecule is CC(C)C(N)CCN(C)C(=O)CC1CCCCO1. The molecule has 4 nitrogen and oxygen atoms in total. The minimum absolute atomic E-state index is 0.132. The fourth-order valence-electron chi connectivity index (χ4n) is 2.12. The van der Waals surface area contributed by atoms with Crippen molar-refractivity contribution in [3.05, 3.63) is 0 Å². The second-order valence-electron chi connectivity index (χ2n) is 5.70. The maximum atomic E-state index is 12.0. The molecule has 1 heterocycles. The minimum Gasteiger partial charge on any atom is -0.378 e. The Labute approximate surface area is 111 Å². The molecule has 0 aromatic carbocycles. The molecule has 1 aliphatic rings. The van der Waals surface area contributed by atoms with Crippen molar-refractivity contribution in [1.29, 1.82) is 0 Å². The summed E-state index contributed by atoms with van der Waals surface area (Å²) < 4.78 is 5.59. The highest BCUT2D eigenvalue weighted by Crippen LogP contribution is 2.16. The first-order valence-electron chi connectivity index (χ1n) is 7.12. The van der Waals surface area contributed by atoms with Gasteiger partial charge in [0.25, 0.3) is 0 Å². The van der Waals surface area contributed by atoms with Crippen LogP contribution < -0.4 is 5.73 Å². The average molecular weight is 256 g/mol. The van der Waals surface area contributed by atoms with Gasteiger partial charge in [-0.15, -0.1) is 0 Å². The molecule has 0 aliphatic carbocycles. The monoisotopic (exact) mass is 256 g/mol. The van der Waals surface area contributed by atoms with Crippen LogP contribution in [0.3, 0.4) is 0 Å². The Balaban J connectivity index is 2.23. The summed E-state index contributed by atoms with van der Waals surface area (Å²) in [6, 6.07) is 0.172. The van der Waals surface area contributed by atoms with Gasteiger partial charge in [-0.25, -0.2) is 0 Å². The Morgan fingerprint density at radius 1 is 1.44 bits per heavy atom. The third-order valence-corrected chi connectivity index (χ3v) is 3.76. The maximum Gasteiger partial charge on any atom is 0.224 e. The molecule has 4 heteroatoms. The van der Waals surface area contributed by atoms with Crippen molar-refractivity contribution in [2.75, 3.05) is 20.2 Å². The lowest BCUT2D eigenvalue weighted by Crippen LogP contribution is -2.36. The zero-order chi connectivity index (χ0) is 13.5. The van der Waals surface area contributed by atoms with Crippen LogP contribution in [0.4, 0.5) is 0 Å². The lowest BCUT2D eigenvalue weighted by atomic mass is 10.0. The van der Waals surface area contributed by atoms with E-state index in [0.717, 1.165) is 32.4 Å². The summed E-state index contributed by atoms with van der Waals surface area (Å²) in [6.07, 6.45) is 4.85. The van der Waals surface area contributed by atoms with E-state index in [4.69, 9.17) is 10.5 Å². The van der Waals surface area contributed by atoms with Gasteiger partial charge in [-0.05, 0) is 31.6 Å². The minimum atomic E-state index is 0.132. The van der Waals surface area contributed by atoms with Gasteiger partial charge in [-0.1, -0.05) is 13.8 Å². The first kappa shape index (κ1) is 15.4. The number of carbonyl (C=O) groups is 1. The molecule has 0 radical (unpaired) electrons. The van der Waals surface area contributed by atoms with Gasteiger partial charge in [-0.3, -0.25) is 4.79 Å². The molecule has 1 aliphatic heterocycles. The average Bonchev–Trinajstić information content (AvgIpc) is 2.36. The number of carbonyl (C=O) groups excluding carboxylic acids is 1. The van der Waals surface area contributed by atoms with E-state index in [2.05, 4.69) is 13.8 Å². The number of nitrogens with two attached hydrogens (primary N) is 1. The van der Waals surface area contributed by atoms with Crippen molar-refractivity contribution in [2.24, 2.45) is 11.7 Å². The number of hydrogen-bond acceptors (Lipinski definition) is 3. The topological polar surface area (TPSA) is 55.6 Å². The standard InChI is InChI=1S/C14H28N2O2/c1-11(2)13(15)7-8-16(3)14(17)10-12-6-4-5-9-18-12/h11-13H,4-10,15H2,1-3H3. The molecule has 2 N–H and O–H groups in total. The molecule has 0 aromatic rings. The zero-order valence-electron chi connectivity index (χ0n) is 12.0. The quantitative estimate of drug-likeness (QED) is 0.788. The predicted molar refractivity (Wildman–Crippen MR) is 73.3 cm³/mol. The van der Waals surface area contributed by atoms with E-state index in [-0.39, 0.29) is 18.1 Å². The highest BCUT2D eigenvalue weighted by molar-refractivity contribution is 5.76. The van der Waals surface area contributed by atoms with Gasteiger partial charge in [0.1, 0.15) is 0 Å². The molecule has 18 heavy (non-hydrogen) atoms. The Morgan fingerprint density at radius 2 is 2.17 bits per heavy atom. The van der Waals surface area contributed by atoms with Gasteiger partial charge < -0.3 is 15.4 Å². The first-order chi connectivity index (χ1) is 8.50. The van der Waals surface area contributed by atoms with E-state index >= 15 is 0 Å². The molecule has 2 atom stereocenters. The second kappa shape index (κ2) is 7.74. The molecule has 1 amide bonds. The molecule has 0 aromatic heterocycles. The molecular weight excluding hydrogens is 228 g/mol. The third kappa shape index (κ3) is 5.36. The molecule has 0 saturated carbocycles. The first-order valence-corrected chi connectivity index (χ1v) is 7.12. The largest absolute Gasteiger partial charge is 0.378 e. The van der Waals surface area contributed by atoms with Gasteiger partial charge in [0, 0.05) is 26.2 Å². The highest BCUT2D eigenvalue weighted by atomic mass is 16.5. The van der Waals surface area contributed by atoms with Gasteiger partial charge in [-0.2, -0.15) is 0 Å².